The molecule has 0 bridgehead atoms. The fourth-order valence-corrected chi connectivity index (χ4v) is 2.63. The minimum absolute atomic E-state index is 0.0503. The Labute approximate surface area is 72.4 Å². The fraction of sp³-hybridized carbons (Fsp3) is 0.875. The molecule has 1 saturated heterocycles. The molecule has 1 aliphatic rings. The van der Waals surface area contributed by atoms with E-state index in [1.54, 1.807) is 0 Å². The topological polar surface area (TPSA) is 35.8 Å². The Hall–Kier alpha value is -0.200. The van der Waals surface area contributed by atoms with E-state index in [9.17, 15) is 0 Å². The molecular formula is C8H14N2S. The molecule has 0 aliphatic carbocycles. The van der Waals surface area contributed by atoms with Crippen molar-refractivity contribution >= 4 is 11.8 Å². The highest BCUT2D eigenvalue weighted by Crippen LogP contribution is 2.36. The fourth-order valence-electron chi connectivity index (χ4n) is 1.35. The van der Waals surface area contributed by atoms with Gasteiger partial charge < -0.3 is 5.32 Å². The molecule has 2 nitrogen and oxygen atoms in total. The summed E-state index contributed by atoms with van der Waals surface area (Å²) in [6.45, 7) is 5.38. The smallest absolute Gasteiger partial charge is 0.0800 e. The zero-order chi connectivity index (χ0) is 8.32. The number of nitriles is 1. The van der Waals surface area contributed by atoms with Crippen molar-refractivity contribution in [1.29, 1.82) is 5.26 Å². The molecule has 1 N–H and O–H groups in total. The first kappa shape index (κ1) is 8.89. The quantitative estimate of drug-likeness (QED) is 0.683. The highest BCUT2D eigenvalue weighted by Gasteiger charge is 2.36. The summed E-state index contributed by atoms with van der Waals surface area (Å²) >= 11 is 1.89. The van der Waals surface area contributed by atoms with Crippen molar-refractivity contribution in [2.75, 3.05) is 12.3 Å². The summed E-state index contributed by atoms with van der Waals surface area (Å²) in [7, 11) is 0. The number of hydrogen-bond donors (Lipinski definition) is 1. The number of nitrogens with zero attached hydrogens (tertiary/aromatic N) is 1. The molecule has 1 fully saturated rings. The van der Waals surface area contributed by atoms with Crippen molar-refractivity contribution in [2.24, 2.45) is 5.92 Å². The summed E-state index contributed by atoms with van der Waals surface area (Å²) < 4.78 is 0. The van der Waals surface area contributed by atoms with Gasteiger partial charge >= 0.3 is 0 Å². The molecule has 0 amide bonds. The molecule has 0 saturated carbocycles. The summed E-state index contributed by atoms with van der Waals surface area (Å²) in [5.41, 5.74) is 0. The third kappa shape index (κ3) is 1.69. The van der Waals surface area contributed by atoms with Crippen LogP contribution in [0.15, 0.2) is 0 Å². The molecule has 0 aromatic rings. The van der Waals surface area contributed by atoms with Crippen LogP contribution in [0.3, 0.4) is 0 Å². The van der Waals surface area contributed by atoms with Gasteiger partial charge in [-0.3, -0.25) is 0 Å². The summed E-state index contributed by atoms with van der Waals surface area (Å²) in [4.78, 5) is 0.0503. The van der Waals surface area contributed by atoms with E-state index in [2.05, 4.69) is 25.2 Å². The van der Waals surface area contributed by atoms with Gasteiger partial charge in [-0.25, -0.2) is 0 Å². The number of rotatable bonds is 2. The molecule has 1 atom stereocenters. The van der Waals surface area contributed by atoms with E-state index in [0.717, 1.165) is 12.3 Å². The molecule has 1 unspecified atom stereocenters. The average Bonchev–Trinajstić information content (AvgIpc) is 2.38. The number of hydrogen-bond acceptors (Lipinski definition) is 3. The summed E-state index contributed by atoms with van der Waals surface area (Å²) in [6.07, 6.45) is 0.620. The molecule has 0 radical (unpaired) electrons. The van der Waals surface area contributed by atoms with Gasteiger partial charge in [0.15, 0.2) is 0 Å². The van der Waals surface area contributed by atoms with Gasteiger partial charge in [-0.1, -0.05) is 13.8 Å². The predicted molar refractivity (Wildman–Crippen MR) is 48.3 cm³/mol. The van der Waals surface area contributed by atoms with Crippen LogP contribution in [0.2, 0.25) is 0 Å². The Bertz CT molecular complexity index is 165. The van der Waals surface area contributed by atoms with Crippen LogP contribution in [0.4, 0.5) is 0 Å². The van der Waals surface area contributed by atoms with Crippen LogP contribution in [0.1, 0.15) is 20.3 Å². The molecule has 1 rings (SSSR count). The minimum atomic E-state index is 0.0503. The lowest BCUT2D eigenvalue weighted by Gasteiger charge is -2.30. The molecule has 0 spiro atoms. The molecular weight excluding hydrogens is 156 g/mol. The van der Waals surface area contributed by atoms with Gasteiger partial charge in [0.1, 0.15) is 0 Å². The van der Waals surface area contributed by atoms with Crippen molar-refractivity contribution in [3.63, 3.8) is 0 Å². The normalized spacial score (nSPS) is 30.7. The van der Waals surface area contributed by atoms with Gasteiger partial charge in [-0.05, 0) is 5.92 Å². The van der Waals surface area contributed by atoms with Crippen LogP contribution >= 0.6 is 11.8 Å². The van der Waals surface area contributed by atoms with Crippen LogP contribution in [0.25, 0.3) is 0 Å². The molecule has 1 aliphatic heterocycles. The maximum Gasteiger partial charge on any atom is 0.0800 e. The zero-order valence-electron chi connectivity index (χ0n) is 7.05. The Morgan fingerprint density at radius 1 is 1.73 bits per heavy atom. The van der Waals surface area contributed by atoms with Gasteiger partial charge in [0.2, 0.25) is 0 Å². The largest absolute Gasteiger partial charge is 0.301 e. The monoisotopic (exact) mass is 170 g/mol. The van der Waals surface area contributed by atoms with Crippen molar-refractivity contribution in [2.45, 2.75) is 25.1 Å². The SMILES string of the molecule is CC(C)C1(CC#N)NCCS1. The van der Waals surface area contributed by atoms with Gasteiger partial charge in [0, 0.05) is 12.3 Å². The first-order chi connectivity index (χ1) is 5.21. The highest BCUT2D eigenvalue weighted by atomic mass is 32.2. The molecule has 62 valence electrons. The molecule has 3 heteroatoms. The van der Waals surface area contributed by atoms with E-state index in [4.69, 9.17) is 5.26 Å². The lowest BCUT2D eigenvalue weighted by molar-refractivity contribution is 0.386. The maximum absolute atomic E-state index is 8.64. The van der Waals surface area contributed by atoms with Crippen LogP contribution in [0.5, 0.6) is 0 Å². The lowest BCUT2D eigenvalue weighted by atomic mass is 10.0. The zero-order valence-corrected chi connectivity index (χ0v) is 7.87. The average molecular weight is 170 g/mol. The molecule has 11 heavy (non-hydrogen) atoms. The van der Waals surface area contributed by atoms with Gasteiger partial charge in [-0.2, -0.15) is 5.26 Å². The van der Waals surface area contributed by atoms with Gasteiger partial charge in [-0.15, -0.1) is 11.8 Å². The standard InChI is InChI=1S/C8H14N2S/c1-7(2)8(3-4-9)10-5-6-11-8/h7,10H,3,5-6H2,1-2H3. The third-order valence-corrected chi connectivity index (χ3v) is 3.84. The van der Waals surface area contributed by atoms with E-state index in [1.165, 1.54) is 0 Å². The van der Waals surface area contributed by atoms with Crippen LogP contribution in [0, 0.1) is 17.2 Å². The number of thioether (sulfide) groups is 1. The first-order valence-electron chi connectivity index (χ1n) is 3.97. The Morgan fingerprint density at radius 2 is 2.45 bits per heavy atom. The van der Waals surface area contributed by atoms with Gasteiger partial charge in [0.25, 0.3) is 0 Å². The summed E-state index contributed by atoms with van der Waals surface area (Å²) in [5, 5.41) is 12.0. The Morgan fingerprint density at radius 3 is 2.82 bits per heavy atom. The van der Waals surface area contributed by atoms with Gasteiger partial charge in [0.05, 0.1) is 17.4 Å². The number of nitrogens with one attached hydrogen (secondary N) is 1. The van der Waals surface area contributed by atoms with E-state index in [-0.39, 0.29) is 4.87 Å². The Balaban J connectivity index is 2.64. The lowest BCUT2D eigenvalue weighted by Crippen LogP contribution is -2.41. The van der Waals surface area contributed by atoms with Crippen LogP contribution in [-0.2, 0) is 0 Å². The molecule has 0 aromatic carbocycles. The third-order valence-electron chi connectivity index (χ3n) is 2.16. The van der Waals surface area contributed by atoms with E-state index in [0.29, 0.717) is 12.3 Å². The molecule has 1 heterocycles. The van der Waals surface area contributed by atoms with E-state index < -0.39 is 0 Å². The predicted octanol–water partition coefficient (Wildman–Crippen LogP) is 1.59. The van der Waals surface area contributed by atoms with Crippen LogP contribution in [-0.4, -0.2) is 17.2 Å². The van der Waals surface area contributed by atoms with E-state index >= 15 is 0 Å². The minimum Gasteiger partial charge on any atom is -0.301 e. The van der Waals surface area contributed by atoms with Crippen molar-refractivity contribution in [3.05, 3.63) is 0 Å². The van der Waals surface area contributed by atoms with Crippen molar-refractivity contribution in [3.8, 4) is 6.07 Å². The second kappa shape index (κ2) is 3.46. The second-order valence-electron chi connectivity index (χ2n) is 3.15. The highest BCUT2D eigenvalue weighted by molar-refractivity contribution is 8.00. The first-order valence-corrected chi connectivity index (χ1v) is 4.96. The maximum atomic E-state index is 8.64. The van der Waals surface area contributed by atoms with E-state index in [1.807, 2.05) is 11.8 Å². The van der Waals surface area contributed by atoms with Crippen molar-refractivity contribution < 1.29 is 0 Å². The molecule has 0 aromatic heterocycles. The van der Waals surface area contributed by atoms with Crippen molar-refractivity contribution in [1.82, 2.24) is 5.32 Å². The Kier molecular flexibility index (Phi) is 2.80. The van der Waals surface area contributed by atoms with Crippen LogP contribution < -0.4 is 5.32 Å². The second-order valence-corrected chi connectivity index (χ2v) is 4.58. The summed E-state index contributed by atoms with van der Waals surface area (Å²) in [6, 6.07) is 2.25. The summed E-state index contributed by atoms with van der Waals surface area (Å²) in [5.74, 6) is 1.68.